The number of amides is 2. The quantitative estimate of drug-likeness (QED) is 0.395. The number of hydrogen-bond donors (Lipinski definition) is 1. The standard InChI is InChI=1S/C25H21BrN2O5S/c1-15-11-18(12-22-24(31)27(13-23(29)30)25(32)34-22)16(2)28(15)20-7-9-21(10-8-20)33-14-17-3-5-19(26)6-4-17/h3-12H,13-14H2,1-2H3,(H,29,30)/b22-12+. The summed E-state index contributed by atoms with van der Waals surface area (Å²) in [6.45, 7) is 3.71. The van der Waals surface area contributed by atoms with Gasteiger partial charge in [0.1, 0.15) is 18.9 Å². The van der Waals surface area contributed by atoms with Crippen molar-refractivity contribution in [3.05, 3.63) is 86.5 Å². The second-order valence-corrected chi connectivity index (χ2v) is 9.64. The zero-order valence-electron chi connectivity index (χ0n) is 18.4. The fraction of sp³-hybridized carbons (Fsp3) is 0.160. The van der Waals surface area contributed by atoms with Crippen molar-refractivity contribution >= 4 is 50.9 Å². The number of aromatic nitrogens is 1. The van der Waals surface area contributed by atoms with Gasteiger partial charge in [-0.05, 0) is 85.3 Å². The average molecular weight is 541 g/mol. The molecule has 0 atom stereocenters. The third kappa shape index (κ3) is 5.10. The number of aryl methyl sites for hydroxylation is 1. The Hall–Kier alpha value is -3.30. The van der Waals surface area contributed by atoms with E-state index in [1.165, 1.54) is 0 Å². The minimum Gasteiger partial charge on any atom is -0.489 e. The number of carbonyl (C=O) groups is 3. The van der Waals surface area contributed by atoms with Gasteiger partial charge in [0, 0.05) is 21.5 Å². The summed E-state index contributed by atoms with van der Waals surface area (Å²) in [5, 5.41) is 8.35. The van der Waals surface area contributed by atoms with E-state index in [0.717, 1.165) is 55.1 Å². The van der Waals surface area contributed by atoms with Crippen molar-refractivity contribution in [2.75, 3.05) is 6.54 Å². The van der Waals surface area contributed by atoms with E-state index >= 15 is 0 Å². The number of carbonyl (C=O) groups excluding carboxylic acids is 2. The van der Waals surface area contributed by atoms with Gasteiger partial charge in [-0.15, -0.1) is 0 Å². The number of rotatable bonds is 7. The number of thioether (sulfide) groups is 1. The number of carboxylic acid groups (broad SMARTS) is 1. The number of carboxylic acids is 1. The molecule has 2 amide bonds. The maximum atomic E-state index is 12.5. The molecule has 1 aromatic heterocycles. The maximum absolute atomic E-state index is 12.5. The van der Waals surface area contributed by atoms with Gasteiger partial charge in [0.2, 0.25) is 0 Å². The van der Waals surface area contributed by atoms with Gasteiger partial charge in [0.05, 0.1) is 4.91 Å². The van der Waals surface area contributed by atoms with Crippen molar-refractivity contribution in [1.82, 2.24) is 9.47 Å². The van der Waals surface area contributed by atoms with Crippen molar-refractivity contribution in [1.29, 1.82) is 0 Å². The van der Waals surface area contributed by atoms with Gasteiger partial charge in [-0.25, -0.2) is 0 Å². The van der Waals surface area contributed by atoms with Crippen molar-refractivity contribution in [2.45, 2.75) is 20.5 Å². The Labute approximate surface area is 209 Å². The molecule has 2 aromatic carbocycles. The van der Waals surface area contributed by atoms with Crippen molar-refractivity contribution in [3.63, 3.8) is 0 Å². The normalized spacial score (nSPS) is 14.8. The highest BCUT2D eigenvalue weighted by Crippen LogP contribution is 2.33. The lowest BCUT2D eigenvalue weighted by atomic mass is 10.2. The van der Waals surface area contributed by atoms with Crippen LogP contribution >= 0.6 is 27.7 Å². The molecule has 1 aliphatic heterocycles. The maximum Gasteiger partial charge on any atom is 0.323 e. The fourth-order valence-corrected chi connectivity index (χ4v) is 4.78. The number of aliphatic carboxylic acids is 1. The van der Waals surface area contributed by atoms with E-state index in [1.807, 2.05) is 73.0 Å². The zero-order chi connectivity index (χ0) is 24.4. The SMILES string of the molecule is Cc1cc(/C=C2/SC(=O)N(CC(=O)O)C2=O)c(C)n1-c1ccc(OCc2ccc(Br)cc2)cc1. The Morgan fingerprint density at radius 2 is 1.76 bits per heavy atom. The summed E-state index contributed by atoms with van der Waals surface area (Å²) in [6.07, 6.45) is 1.64. The number of benzene rings is 2. The fourth-order valence-electron chi connectivity index (χ4n) is 3.68. The van der Waals surface area contributed by atoms with Crippen molar-refractivity contribution in [3.8, 4) is 11.4 Å². The first kappa shape index (κ1) is 23.8. The third-order valence-electron chi connectivity index (χ3n) is 5.34. The summed E-state index contributed by atoms with van der Waals surface area (Å²) in [6, 6.07) is 17.6. The Bertz CT molecular complexity index is 1300. The molecule has 34 heavy (non-hydrogen) atoms. The number of ether oxygens (including phenoxy) is 1. The van der Waals surface area contributed by atoms with Crippen LogP contribution in [0.25, 0.3) is 11.8 Å². The van der Waals surface area contributed by atoms with E-state index < -0.39 is 23.7 Å². The molecule has 0 unspecified atom stereocenters. The molecule has 174 valence electrons. The Morgan fingerprint density at radius 1 is 1.09 bits per heavy atom. The van der Waals surface area contributed by atoms with E-state index in [0.29, 0.717) is 6.61 Å². The van der Waals surface area contributed by atoms with Gasteiger partial charge in [0.15, 0.2) is 0 Å². The first-order valence-electron chi connectivity index (χ1n) is 10.4. The Kier molecular flexibility index (Phi) is 6.95. The van der Waals surface area contributed by atoms with Gasteiger partial charge < -0.3 is 14.4 Å². The molecule has 1 N–H and O–H groups in total. The van der Waals surface area contributed by atoms with E-state index in [-0.39, 0.29) is 4.91 Å². The van der Waals surface area contributed by atoms with Crippen LogP contribution in [-0.2, 0) is 16.2 Å². The van der Waals surface area contributed by atoms with Gasteiger partial charge in [-0.1, -0.05) is 28.1 Å². The highest BCUT2D eigenvalue weighted by Gasteiger charge is 2.36. The van der Waals surface area contributed by atoms with E-state index in [2.05, 4.69) is 15.9 Å². The van der Waals surface area contributed by atoms with Crippen molar-refractivity contribution in [2.24, 2.45) is 0 Å². The topological polar surface area (TPSA) is 88.8 Å². The van der Waals surface area contributed by atoms with Crippen LogP contribution in [0.1, 0.15) is 22.5 Å². The minimum atomic E-state index is -1.23. The number of hydrogen-bond acceptors (Lipinski definition) is 5. The van der Waals surface area contributed by atoms with Crippen LogP contribution < -0.4 is 4.74 Å². The largest absolute Gasteiger partial charge is 0.489 e. The summed E-state index contributed by atoms with van der Waals surface area (Å²) >= 11 is 4.17. The third-order valence-corrected chi connectivity index (χ3v) is 6.77. The van der Waals surface area contributed by atoms with E-state index in [1.54, 1.807) is 6.08 Å². The summed E-state index contributed by atoms with van der Waals surface area (Å²) in [4.78, 5) is 36.4. The van der Waals surface area contributed by atoms with E-state index in [4.69, 9.17) is 9.84 Å². The molecule has 0 bridgehead atoms. The van der Waals surface area contributed by atoms with Crippen LogP contribution in [0.15, 0.2) is 64.0 Å². The summed E-state index contributed by atoms with van der Waals surface area (Å²) in [7, 11) is 0. The van der Waals surface area contributed by atoms with Crippen LogP contribution in [0.4, 0.5) is 4.79 Å². The van der Waals surface area contributed by atoms with Gasteiger partial charge in [-0.3, -0.25) is 19.3 Å². The molecule has 1 saturated heterocycles. The minimum absolute atomic E-state index is 0.211. The molecule has 9 heteroatoms. The Balaban J connectivity index is 1.51. The predicted octanol–water partition coefficient (Wildman–Crippen LogP) is 5.56. The first-order chi connectivity index (χ1) is 16.2. The molecule has 2 heterocycles. The lowest BCUT2D eigenvalue weighted by Gasteiger charge is -2.12. The number of nitrogens with zero attached hydrogens (tertiary/aromatic N) is 2. The van der Waals surface area contributed by atoms with E-state index in [9.17, 15) is 14.4 Å². The summed E-state index contributed by atoms with van der Waals surface area (Å²) < 4.78 is 8.95. The molecule has 3 aromatic rings. The predicted molar refractivity (Wildman–Crippen MR) is 134 cm³/mol. The molecule has 1 aliphatic rings. The lowest BCUT2D eigenvalue weighted by Crippen LogP contribution is -2.33. The van der Waals surface area contributed by atoms with Crippen LogP contribution in [0.2, 0.25) is 0 Å². The summed E-state index contributed by atoms with van der Waals surface area (Å²) in [5.41, 5.74) is 4.64. The monoisotopic (exact) mass is 540 g/mol. The molecule has 0 aliphatic carbocycles. The van der Waals surface area contributed by atoms with Crippen LogP contribution in [0.5, 0.6) is 5.75 Å². The second kappa shape index (κ2) is 9.90. The van der Waals surface area contributed by atoms with Crippen LogP contribution in [-0.4, -0.2) is 38.2 Å². The molecular formula is C25H21BrN2O5S. The highest BCUT2D eigenvalue weighted by atomic mass is 79.9. The zero-order valence-corrected chi connectivity index (χ0v) is 20.9. The molecule has 4 rings (SSSR count). The molecule has 0 spiro atoms. The van der Waals surface area contributed by atoms with Gasteiger partial charge >= 0.3 is 5.97 Å². The molecule has 7 nitrogen and oxygen atoms in total. The Morgan fingerprint density at radius 3 is 2.41 bits per heavy atom. The van der Waals surface area contributed by atoms with Crippen molar-refractivity contribution < 1.29 is 24.2 Å². The van der Waals surface area contributed by atoms with Crippen LogP contribution in [0, 0.1) is 13.8 Å². The highest BCUT2D eigenvalue weighted by molar-refractivity contribution is 9.10. The second-order valence-electron chi connectivity index (χ2n) is 7.73. The molecular weight excluding hydrogens is 520 g/mol. The van der Waals surface area contributed by atoms with Gasteiger partial charge in [0.25, 0.3) is 11.1 Å². The summed E-state index contributed by atoms with van der Waals surface area (Å²) in [5.74, 6) is -1.07. The number of imide groups is 1. The van der Waals surface area contributed by atoms with Gasteiger partial charge in [-0.2, -0.15) is 0 Å². The number of halogens is 1. The molecule has 1 fully saturated rings. The molecule has 0 radical (unpaired) electrons. The van der Waals surface area contributed by atoms with Crippen LogP contribution in [0.3, 0.4) is 0 Å². The smallest absolute Gasteiger partial charge is 0.323 e. The average Bonchev–Trinajstić information content (AvgIpc) is 3.22. The lowest BCUT2D eigenvalue weighted by molar-refractivity contribution is -0.140. The molecule has 0 saturated carbocycles. The first-order valence-corrected chi connectivity index (χ1v) is 12.0.